The average Bonchev–Trinajstić information content (AvgIpc) is 2.61. The highest BCUT2D eigenvalue weighted by molar-refractivity contribution is 6.48. The fraction of sp³-hybridized carbons (Fsp3) is 0.211. The third-order valence-electron chi connectivity index (χ3n) is 4.06. The van der Waals surface area contributed by atoms with Gasteiger partial charge in [-0.25, -0.2) is 18.0 Å². The van der Waals surface area contributed by atoms with Gasteiger partial charge in [-0.1, -0.05) is 40.9 Å². The van der Waals surface area contributed by atoms with E-state index in [0.717, 1.165) is 18.2 Å². The summed E-state index contributed by atoms with van der Waals surface area (Å²) in [5.74, 6) is -8.82. The van der Waals surface area contributed by atoms with Crippen LogP contribution in [0.2, 0.25) is 15.1 Å². The molecule has 0 spiro atoms. The Labute approximate surface area is 181 Å². The zero-order valence-electron chi connectivity index (χ0n) is 14.8. The van der Waals surface area contributed by atoms with Gasteiger partial charge < -0.3 is 5.11 Å². The van der Waals surface area contributed by atoms with Gasteiger partial charge in [0.1, 0.15) is 5.83 Å². The third-order valence-corrected chi connectivity index (χ3v) is 5.25. The molecule has 1 atom stereocenters. The summed E-state index contributed by atoms with van der Waals surface area (Å²) < 4.78 is 82.4. The Kier molecular flexibility index (Phi) is 7.06. The van der Waals surface area contributed by atoms with Crippen molar-refractivity contribution in [1.29, 1.82) is 0 Å². The third kappa shape index (κ3) is 5.42. The maximum absolute atomic E-state index is 14.7. The molecule has 0 saturated heterocycles. The highest BCUT2D eigenvalue weighted by atomic mass is 35.5. The topological polar surface area (TPSA) is 37.3 Å². The molecule has 0 bridgehead atoms. The van der Waals surface area contributed by atoms with E-state index in [1.54, 1.807) is 0 Å². The number of carboxylic acid groups (broad SMARTS) is 1. The molecule has 0 aliphatic heterocycles. The van der Waals surface area contributed by atoms with Crippen molar-refractivity contribution in [1.82, 2.24) is 0 Å². The van der Waals surface area contributed by atoms with Crippen molar-refractivity contribution in [2.24, 2.45) is 0 Å². The number of allylic oxidation sites excluding steroid dienone is 1. The molecule has 0 radical (unpaired) electrons. The first-order valence-corrected chi connectivity index (χ1v) is 9.10. The molecular formula is C19H11Cl3F6O2. The standard InChI is InChI=1S/C19H11Cl3F6O2/c1-18(24,25)11(9-5-13(20)16(22)14(21)6-9)7-15(23)8-2-3-10(17(29)30)12(4-8)19(26,27)28/h2-7,11H,1H3,(H,29,30). The van der Waals surface area contributed by atoms with Gasteiger partial charge in [0, 0.05) is 12.5 Å². The fourth-order valence-electron chi connectivity index (χ4n) is 2.65. The maximum Gasteiger partial charge on any atom is 0.417 e. The minimum absolute atomic E-state index is 0.108. The number of benzene rings is 2. The van der Waals surface area contributed by atoms with E-state index in [1.807, 2.05) is 0 Å². The first-order valence-electron chi connectivity index (χ1n) is 7.97. The van der Waals surface area contributed by atoms with E-state index in [9.17, 15) is 31.1 Å². The molecule has 2 nitrogen and oxygen atoms in total. The van der Waals surface area contributed by atoms with Crippen LogP contribution in [-0.2, 0) is 6.18 Å². The number of hydrogen-bond donors (Lipinski definition) is 1. The van der Waals surface area contributed by atoms with Crippen molar-refractivity contribution in [3.63, 3.8) is 0 Å². The number of rotatable bonds is 5. The average molecular weight is 492 g/mol. The second-order valence-corrected chi connectivity index (χ2v) is 7.50. The predicted molar refractivity (Wildman–Crippen MR) is 102 cm³/mol. The van der Waals surface area contributed by atoms with Crippen LogP contribution >= 0.6 is 34.8 Å². The molecule has 2 aromatic rings. The van der Waals surface area contributed by atoms with Crippen molar-refractivity contribution in [3.05, 3.63) is 73.7 Å². The van der Waals surface area contributed by atoms with Crippen LogP contribution in [0.1, 0.15) is 39.9 Å². The van der Waals surface area contributed by atoms with Crippen LogP contribution in [0.3, 0.4) is 0 Å². The minimum Gasteiger partial charge on any atom is -0.478 e. The Hall–Kier alpha value is -1.90. The Balaban J connectivity index is 2.62. The molecule has 0 aliphatic carbocycles. The van der Waals surface area contributed by atoms with Gasteiger partial charge in [0.2, 0.25) is 0 Å². The monoisotopic (exact) mass is 490 g/mol. The minimum atomic E-state index is -5.10. The first kappa shape index (κ1) is 24.4. The van der Waals surface area contributed by atoms with Crippen molar-refractivity contribution in [3.8, 4) is 0 Å². The molecule has 0 heterocycles. The van der Waals surface area contributed by atoms with Crippen molar-refractivity contribution >= 4 is 46.6 Å². The van der Waals surface area contributed by atoms with Crippen LogP contribution in [0.5, 0.6) is 0 Å². The molecular weight excluding hydrogens is 481 g/mol. The molecule has 2 aromatic carbocycles. The molecule has 0 aliphatic rings. The van der Waals surface area contributed by atoms with E-state index in [1.165, 1.54) is 0 Å². The zero-order chi connectivity index (χ0) is 23.0. The summed E-state index contributed by atoms with van der Waals surface area (Å²) in [6.45, 7) is 0.479. The zero-order valence-corrected chi connectivity index (χ0v) is 17.1. The summed E-state index contributed by atoms with van der Waals surface area (Å²) in [6.07, 6.45) is -4.69. The number of carbonyl (C=O) groups is 1. The number of carboxylic acids is 1. The van der Waals surface area contributed by atoms with Crippen LogP contribution in [0.25, 0.3) is 5.83 Å². The lowest BCUT2D eigenvalue weighted by atomic mass is 9.91. The van der Waals surface area contributed by atoms with E-state index in [2.05, 4.69) is 0 Å². The first-order chi connectivity index (χ1) is 13.6. The maximum atomic E-state index is 14.7. The Morgan fingerprint density at radius 3 is 2.00 bits per heavy atom. The molecule has 1 unspecified atom stereocenters. The van der Waals surface area contributed by atoms with Gasteiger partial charge >= 0.3 is 12.1 Å². The Morgan fingerprint density at radius 1 is 1.03 bits per heavy atom. The summed E-state index contributed by atoms with van der Waals surface area (Å²) in [4.78, 5) is 11.0. The summed E-state index contributed by atoms with van der Waals surface area (Å²) in [7, 11) is 0. The van der Waals surface area contributed by atoms with Gasteiger partial charge in [0.15, 0.2) is 0 Å². The SMILES string of the molecule is CC(F)(F)C(C=C(F)c1ccc(C(=O)O)c(C(F)(F)F)c1)c1cc(Cl)c(Cl)c(Cl)c1. The molecule has 162 valence electrons. The normalized spacial score (nSPS) is 14.0. The molecule has 2 rings (SSSR count). The summed E-state index contributed by atoms with van der Waals surface area (Å²) in [6, 6.07) is 3.61. The van der Waals surface area contributed by atoms with Crippen molar-refractivity contribution in [2.45, 2.75) is 24.9 Å². The Morgan fingerprint density at radius 2 is 1.57 bits per heavy atom. The molecule has 0 fully saturated rings. The number of halogens is 9. The van der Waals surface area contributed by atoms with E-state index >= 15 is 0 Å². The van der Waals surface area contributed by atoms with Crippen LogP contribution in [0.15, 0.2) is 36.4 Å². The molecule has 30 heavy (non-hydrogen) atoms. The van der Waals surface area contributed by atoms with Gasteiger partial charge in [-0.2, -0.15) is 13.2 Å². The summed E-state index contributed by atoms with van der Waals surface area (Å²) in [5.41, 5.74) is -3.68. The van der Waals surface area contributed by atoms with Gasteiger partial charge in [-0.3, -0.25) is 0 Å². The van der Waals surface area contributed by atoms with E-state index in [0.29, 0.717) is 19.1 Å². The van der Waals surface area contributed by atoms with Gasteiger partial charge in [-0.15, -0.1) is 0 Å². The lowest BCUT2D eigenvalue weighted by Gasteiger charge is -2.22. The predicted octanol–water partition coefficient (Wildman–Crippen LogP) is 8.11. The molecule has 0 aromatic heterocycles. The fourth-order valence-corrected chi connectivity index (χ4v) is 3.26. The summed E-state index contributed by atoms with van der Waals surface area (Å²) >= 11 is 17.4. The van der Waals surface area contributed by atoms with Gasteiger partial charge in [0.25, 0.3) is 5.92 Å². The second-order valence-electron chi connectivity index (χ2n) is 6.31. The van der Waals surface area contributed by atoms with Crippen LogP contribution in [0, 0.1) is 0 Å². The number of aromatic carboxylic acids is 1. The quantitative estimate of drug-likeness (QED) is 0.339. The molecule has 11 heteroatoms. The largest absolute Gasteiger partial charge is 0.478 e. The lowest BCUT2D eigenvalue weighted by molar-refractivity contribution is -0.138. The smallest absolute Gasteiger partial charge is 0.417 e. The number of alkyl halides is 5. The van der Waals surface area contributed by atoms with Gasteiger partial charge in [0.05, 0.1) is 32.1 Å². The highest BCUT2D eigenvalue weighted by Gasteiger charge is 2.37. The van der Waals surface area contributed by atoms with Crippen LogP contribution < -0.4 is 0 Å². The Bertz CT molecular complexity index is 989. The van der Waals surface area contributed by atoms with Crippen LogP contribution in [-0.4, -0.2) is 17.0 Å². The molecule has 0 saturated carbocycles. The second kappa shape index (κ2) is 8.69. The molecule has 1 N–H and O–H groups in total. The van der Waals surface area contributed by atoms with Crippen molar-refractivity contribution in [2.75, 3.05) is 0 Å². The van der Waals surface area contributed by atoms with Crippen molar-refractivity contribution < 1.29 is 36.2 Å². The van der Waals surface area contributed by atoms with Gasteiger partial charge in [-0.05, 0) is 35.9 Å². The lowest BCUT2D eigenvalue weighted by Crippen LogP contribution is -2.21. The molecule has 0 amide bonds. The summed E-state index contributed by atoms with van der Waals surface area (Å²) in [5, 5.41) is 8.44. The van der Waals surface area contributed by atoms with Crippen LogP contribution in [0.4, 0.5) is 26.3 Å². The van der Waals surface area contributed by atoms with E-state index in [-0.39, 0.29) is 26.7 Å². The highest BCUT2D eigenvalue weighted by Crippen LogP contribution is 2.42. The number of hydrogen-bond acceptors (Lipinski definition) is 1. The van der Waals surface area contributed by atoms with E-state index < -0.39 is 46.5 Å². The van der Waals surface area contributed by atoms with E-state index in [4.69, 9.17) is 39.9 Å².